The third kappa shape index (κ3) is 2.65. The lowest BCUT2D eigenvalue weighted by Crippen LogP contribution is -2.48. The number of nitrogens with zero attached hydrogens (tertiary/aromatic N) is 2. The number of halogens is 3. The van der Waals surface area contributed by atoms with Crippen molar-refractivity contribution in [2.75, 3.05) is 37.9 Å². The Morgan fingerprint density at radius 2 is 2.05 bits per heavy atom. The normalized spacial score (nSPS) is 21.9. The number of aliphatic hydroxyl groups excluding tert-OH is 2. The summed E-state index contributed by atoms with van der Waals surface area (Å²) in [6.45, 7) is 0.247. The van der Waals surface area contributed by atoms with Crippen LogP contribution >= 0.6 is 43.5 Å². The highest BCUT2D eigenvalue weighted by Crippen LogP contribution is 2.50. The standard InChI is InChI=1S/C11H13Br2ClN2O3/c12-7-5-8-11(10(14)9(7)13)15(1-3-17)6-16(8,19)2-4-18/h5,17-18H,1-4,6H2. The van der Waals surface area contributed by atoms with E-state index in [1.165, 1.54) is 0 Å². The van der Waals surface area contributed by atoms with Gasteiger partial charge in [0, 0.05) is 17.1 Å². The minimum Gasteiger partial charge on any atom is -0.626 e. The maximum atomic E-state index is 12.8. The number of hydrogen-bond donors (Lipinski definition) is 2. The van der Waals surface area contributed by atoms with E-state index in [2.05, 4.69) is 31.9 Å². The first-order chi connectivity index (χ1) is 8.94. The van der Waals surface area contributed by atoms with Crippen molar-refractivity contribution >= 4 is 54.8 Å². The molecule has 1 aliphatic heterocycles. The molecule has 0 aromatic heterocycles. The van der Waals surface area contributed by atoms with Crippen LogP contribution in [0.15, 0.2) is 15.0 Å². The molecule has 1 heterocycles. The molecular formula is C11H13Br2ClN2O3. The quantitative estimate of drug-likeness (QED) is 0.450. The first-order valence-corrected chi connectivity index (χ1v) is 7.64. The molecule has 1 aromatic rings. The number of rotatable bonds is 4. The molecule has 2 N–H and O–H groups in total. The summed E-state index contributed by atoms with van der Waals surface area (Å²) < 4.78 is 0.698. The zero-order valence-electron chi connectivity index (χ0n) is 9.94. The zero-order chi connectivity index (χ0) is 14.2. The number of anilines is 1. The van der Waals surface area contributed by atoms with E-state index in [1.807, 2.05) is 0 Å². The summed E-state index contributed by atoms with van der Waals surface area (Å²) in [5.41, 5.74) is 1.12. The van der Waals surface area contributed by atoms with Crippen LogP contribution in [-0.4, -0.2) is 43.2 Å². The Labute approximate surface area is 132 Å². The fourth-order valence-electron chi connectivity index (χ4n) is 2.26. The minimum absolute atomic E-state index is 0.0549. The molecule has 0 amide bonds. The summed E-state index contributed by atoms with van der Waals surface area (Å²) in [7, 11) is 0. The molecule has 0 aliphatic carbocycles. The summed E-state index contributed by atoms with van der Waals surface area (Å²) in [6, 6.07) is 1.71. The average molecular weight is 416 g/mol. The van der Waals surface area contributed by atoms with Crippen molar-refractivity contribution in [1.29, 1.82) is 0 Å². The van der Waals surface area contributed by atoms with Crippen LogP contribution in [-0.2, 0) is 0 Å². The largest absolute Gasteiger partial charge is 0.626 e. The lowest BCUT2D eigenvalue weighted by Gasteiger charge is -2.37. The van der Waals surface area contributed by atoms with Crippen LogP contribution in [0.1, 0.15) is 0 Å². The van der Waals surface area contributed by atoms with Crippen LogP contribution in [0, 0.1) is 5.21 Å². The fraction of sp³-hybridized carbons (Fsp3) is 0.455. The van der Waals surface area contributed by atoms with E-state index in [9.17, 15) is 5.21 Å². The molecule has 2 rings (SSSR count). The highest BCUT2D eigenvalue weighted by Gasteiger charge is 2.38. The zero-order valence-corrected chi connectivity index (χ0v) is 13.9. The Balaban J connectivity index is 2.58. The number of aliphatic hydroxyl groups is 2. The number of fused-ring (bicyclic) bond motifs is 1. The third-order valence-electron chi connectivity index (χ3n) is 3.10. The van der Waals surface area contributed by atoms with Crippen molar-refractivity contribution in [2.45, 2.75) is 0 Å². The van der Waals surface area contributed by atoms with E-state index < -0.39 is 4.65 Å². The lowest BCUT2D eigenvalue weighted by molar-refractivity contribution is 0.240. The maximum absolute atomic E-state index is 12.8. The summed E-state index contributed by atoms with van der Waals surface area (Å²) in [4.78, 5) is 1.75. The van der Waals surface area contributed by atoms with Crippen molar-refractivity contribution < 1.29 is 10.2 Å². The van der Waals surface area contributed by atoms with E-state index in [-0.39, 0.29) is 26.4 Å². The molecular weight excluding hydrogens is 403 g/mol. The van der Waals surface area contributed by atoms with Gasteiger partial charge in [0.15, 0.2) is 12.4 Å². The monoisotopic (exact) mass is 414 g/mol. The highest BCUT2D eigenvalue weighted by atomic mass is 79.9. The van der Waals surface area contributed by atoms with Crippen molar-refractivity contribution in [1.82, 2.24) is 4.65 Å². The first kappa shape index (κ1) is 15.5. The van der Waals surface area contributed by atoms with Crippen LogP contribution in [0.4, 0.5) is 11.4 Å². The van der Waals surface area contributed by atoms with Gasteiger partial charge >= 0.3 is 0 Å². The highest BCUT2D eigenvalue weighted by molar-refractivity contribution is 9.13. The smallest absolute Gasteiger partial charge is 0.160 e. The maximum Gasteiger partial charge on any atom is 0.160 e. The number of quaternary nitrogens is 1. The van der Waals surface area contributed by atoms with Gasteiger partial charge in [-0.15, -0.1) is 0 Å². The number of benzene rings is 1. The SMILES string of the molecule is [O-][N+]1(CCO)CN(CCO)c2c1cc(Br)c(Br)c2Cl. The van der Waals surface area contributed by atoms with Crippen LogP contribution < -0.4 is 9.55 Å². The average Bonchev–Trinajstić information content (AvgIpc) is 2.61. The lowest BCUT2D eigenvalue weighted by atomic mass is 10.2. The van der Waals surface area contributed by atoms with Gasteiger partial charge in [-0.05, 0) is 31.9 Å². The van der Waals surface area contributed by atoms with E-state index in [4.69, 9.17) is 21.8 Å². The van der Waals surface area contributed by atoms with E-state index in [1.54, 1.807) is 11.0 Å². The predicted molar refractivity (Wildman–Crippen MR) is 83.3 cm³/mol. The predicted octanol–water partition coefficient (Wildman–Crippen LogP) is 2.43. The van der Waals surface area contributed by atoms with Gasteiger partial charge in [0.1, 0.15) is 12.2 Å². The third-order valence-corrected chi connectivity index (χ3v) is 5.68. The van der Waals surface area contributed by atoms with Crippen LogP contribution in [0.2, 0.25) is 5.02 Å². The first-order valence-electron chi connectivity index (χ1n) is 5.67. The number of hydrogen-bond acceptors (Lipinski definition) is 4. The molecule has 8 heteroatoms. The molecule has 19 heavy (non-hydrogen) atoms. The molecule has 0 fully saturated rings. The Morgan fingerprint density at radius 3 is 2.63 bits per heavy atom. The van der Waals surface area contributed by atoms with Crippen LogP contribution in [0.3, 0.4) is 0 Å². The van der Waals surface area contributed by atoms with Gasteiger partial charge in [-0.25, -0.2) is 0 Å². The van der Waals surface area contributed by atoms with E-state index in [0.717, 1.165) is 0 Å². The van der Waals surface area contributed by atoms with Gasteiger partial charge in [0.2, 0.25) is 0 Å². The van der Waals surface area contributed by atoms with Crippen molar-refractivity contribution in [3.63, 3.8) is 0 Å². The second kappa shape index (κ2) is 5.85. The molecule has 1 aliphatic rings. The van der Waals surface area contributed by atoms with Crippen molar-refractivity contribution in [3.8, 4) is 0 Å². The minimum atomic E-state index is -0.669. The molecule has 106 valence electrons. The topological polar surface area (TPSA) is 66.8 Å². The van der Waals surface area contributed by atoms with Crippen molar-refractivity contribution in [3.05, 3.63) is 25.2 Å². The van der Waals surface area contributed by atoms with E-state index >= 15 is 0 Å². The molecule has 0 saturated heterocycles. The Hall–Kier alpha value is 0.110. The molecule has 0 spiro atoms. The fourth-order valence-corrected chi connectivity index (χ4v) is 3.41. The molecule has 1 aromatic carbocycles. The summed E-state index contributed by atoms with van der Waals surface area (Å²) in [5.74, 6) is 0. The van der Waals surface area contributed by atoms with Gasteiger partial charge in [0.25, 0.3) is 0 Å². The summed E-state index contributed by atoms with van der Waals surface area (Å²) in [6.07, 6.45) is 0. The van der Waals surface area contributed by atoms with Crippen molar-refractivity contribution in [2.24, 2.45) is 0 Å². The molecule has 1 atom stereocenters. The van der Waals surface area contributed by atoms with Gasteiger partial charge in [-0.2, -0.15) is 0 Å². The Morgan fingerprint density at radius 1 is 1.37 bits per heavy atom. The summed E-state index contributed by atoms with van der Waals surface area (Å²) in [5, 5.41) is 31.4. The van der Waals surface area contributed by atoms with Crippen LogP contribution in [0.5, 0.6) is 0 Å². The molecule has 1 unspecified atom stereocenters. The Kier molecular flexibility index (Phi) is 4.77. The molecule has 5 nitrogen and oxygen atoms in total. The molecule has 0 radical (unpaired) electrons. The number of β-amino-alcohol motifs (C(OH)–C–C–N with tert-alkyl or cyclic N) is 1. The Bertz CT molecular complexity index is 503. The second-order valence-electron chi connectivity index (χ2n) is 4.32. The second-order valence-corrected chi connectivity index (χ2v) is 6.34. The van der Waals surface area contributed by atoms with E-state index in [0.29, 0.717) is 31.9 Å². The van der Waals surface area contributed by atoms with Gasteiger partial charge in [-0.1, -0.05) is 11.6 Å². The molecule has 0 bridgehead atoms. The van der Waals surface area contributed by atoms with Gasteiger partial charge in [-0.3, -0.25) is 0 Å². The molecule has 0 saturated carbocycles. The summed E-state index contributed by atoms with van der Waals surface area (Å²) >= 11 is 13.0. The van der Waals surface area contributed by atoms with Crippen LogP contribution in [0.25, 0.3) is 0 Å². The van der Waals surface area contributed by atoms with Gasteiger partial charge in [0.05, 0.1) is 22.7 Å². The van der Waals surface area contributed by atoms with Gasteiger partial charge < -0.3 is 25.0 Å². The number of hydroxylamine groups is 2.